The van der Waals surface area contributed by atoms with Crippen LogP contribution in [-0.2, 0) is 11.3 Å². The Balaban J connectivity index is 0.000000730. The van der Waals surface area contributed by atoms with Gasteiger partial charge in [0.15, 0.2) is 11.5 Å². The second-order valence-electron chi connectivity index (χ2n) is 8.03. The molecule has 1 saturated heterocycles. The van der Waals surface area contributed by atoms with Gasteiger partial charge in [0.05, 0.1) is 18.5 Å². The maximum atomic E-state index is 14.9. The molecule has 2 aliphatic rings. The SMILES string of the molecule is COC.OCc1cc(F)c(-c2cnc3ccc(C4CC4)nn23)nc1NC1CCCNC1. The predicted molar refractivity (Wildman–Crippen MR) is 117 cm³/mol. The number of aromatic nitrogens is 4. The van der Waals surface area contributed by atoms with Gasteiger partial charge in [-0.15, -0.1) is 0 Å². The number of hydrogen-bond acceptors (Lipinski definition) is 7. The molecule has 1 aliphatic heterocycles. The zero-order valence-corrected chi connectivity index (χ0v) is 17.9. The van der Waals surface area contributed by atoms with Crippen LogP contribution in [0.5, 0.6) is 0 Å². The molecule has 0 amide bonds. The largest absolute Gasteiger partial charge is 0.392 e. The van der Waals surface area contributed by atoms with Crippen molar-refractivity contribution in [3.63, 3.8) is 0 Å². The maximum absolute atomic E-state index is 14.9. The van der Waals surface area contributed by atoms with E-state index in [0.717, 1.165) is 44.5 Å². The lowest BCUT2D eigenvalue weighted by atomic mass is 10.1. The Kier molecular flexibility index (Phi) is 6.74. The summed E-state index contributed by atoms with van der Waals surface area (Å²) in [5.74, 6) is 0.517. The van der Waals surface area contributed by atoms with Gasteiger partial charge in [0.1, 0.15) is 17.2 Å². The molecule has 1 aliphatic carbocycles. The fourth-order valence-corrected chi connectivity index (χ4v) is 3.77. The van der Waals surface area contributed by atoms with Crippen molar-refractivity contribution >= 4 is 11.5 Å². The van der Waals surface area contributed by atoms with Crippen LogP contribution in [0.3, 0.4) is 0 Å². The van der Waals surface area contributed by atoms with E-state index in [4.69, 9.17) is 0 Å². The molecule has 4 heterocycles. The van der Waals surface area contributed by atoms with Crippen molar-refractivity contribution in [2.75, 3.05) is 32.6 Å². The third-order valence-electron chi connectivity index (χ3n) is 5.48. The van der Waals surface area contributed by atoms with Crippen LogP contribution < -0.4 is 10.6 Å². The molecule has 0 radical (unpaired) electrons. The minimum absolute atomic E-state index is 0.191. The lowest BCUT2D eigenvalue weighted by Gasteiger charge is -2.25. The summed E-state index contributed by atoms with van der Waals surface area (Å²) >= 11 is 0. The van der Waals surface area contributed by atoms with Crippen LogP contribution in [-0.4, -0.2) is 58.0 Å². The number of hydrogen-bond donors (Lipinski definition) is 3. The number of piperidine rings is 1. The highest BCUT2D eigenvalue weighted by molar-refractivity contribution is 5.63. The number of nitrogens with one attached hydrogen (secondary N) is 2. The van der Waals surface area contributed by atoms with E-state index in [2.05, 4.69) is 30.4 Å². The molecule has 166 valence electrons. The van der Waals surface area contributed by atoms with E-state index < -0.39 is 5.82 Å². The number of imidazole rings is 1. The number of fused-ring (bicyclic) bond motifs is 1. The quantitative estimate of drug-likeness (QED) is 0.575. The molecule has 0 bridgehead atoms. The Hall–Kier alpha value is -2.62. The highest BCUT2D eigenvalue weighted by Crippen LogP contribution is 2.39. The molecular weight excluding hydrogens is 399 g/mol. The van der Waals surface area contributed by atoms with Crippen LogP contribution in [0.25, 0.3) is 17.0 Å². The van der Waals surface area contributed by atoms with Gasteiger partial charge in [-0.3, -0.25) is 0 Å². The molecule has 0 spiro atoms. The first kappa shape index (κ1) is 21.6. The van der Waals surface area contributed by atoms with Crippen LogP contribution in [0, 0.1) is 5.82 Å². The van der Waals surface area contributed by atoms with Gasteiger partial charge in [-0.05, 0) is 50.4 Å². The molecule has 3 aromatic heterocycles. The monoisotopic (exact) mass is 428 g/mol. The van der Waals surface area contributed by atoms with E-state index in [1.807, 2.05) is 12.1 Å². The van der Waals surface area contributed by atoms with Crippen molar-refractivity contribution in [2.45, 2.75) is 44.2 Å². The first-order chi connectivity index (χ1) is 15.1. The summed E-state index contributed by atoms with van der Waals surface area (Å²) < 4.78 is 20.8. The van der Waals surface area contributed by atoms with Gasteiger partial charge < -0.3 is 20.5 Å². The average Bonchev–Trinajstić information content (AvgIpc) is 3.55. The minimum Gasteiger partial charge on any atom is -0.392 e. The van der Waals surface area contributed by atoms with Crippen LogP contribution in [0.15, 0.2) is 24.4 Å². The number of methoxy groups -OCH3 is 1. The maximum Gasteiger partial charge on any atom is 0.154 e. The molecular formula is C22H29FN6O2. The fourth-order valence-electron chi connectivity index (χ4n) is 3.77. The average molecular weight is 429 g/mol. The number of rotatable bonds is 5. The van der Waals surface area contributed by atoms with E-state index >= 15 is 0 Å². The first-order valence-electron chi connectivity index (χ1n) is 10.7. The Morgan fingerprint density at radius 3 is 2.77 bits per heavy atom. The standard InChI is InChI=1S/C20H23FN6O.C2H6O/c21-15-8-13(11-28)20(24-14-2-1-7-22-9-14)25-19(15)17-10-23-18-6-5-16(12-3-4-12)26-27(17)18;1-3-2/h5-6,8,10,12,14,22,28H,1-4,7,9,11H2,(H,24,25);1-2H3. The molecule has 0 aromatic carbocycles. The van der Waals surface area contributed by atoms with Crippen LogP contribution in [0.1, 0.15) is 42.9 Å². The number of nitrogens with zero attached hydrogens (tertiary/aromatic N) is 4. The fraction of sp³-hybridized carbons (Fsp3) is 0.500. The van der Waals surface area contributed by atoms with Crippen LogP contribution in [0.4, 0.5) is 10.2 Å². The van der Waals surface area contributed by atoms with E-state index in [1.165, 1.54) is 6.07 Å². The Morgan fingerprint density at radius 2 is 2.10 bits per heavy atom. The molecule has 9 heteroatoms. The number of aliphatic hydroxyl groups is 1. The van der Waals surface area contributed by atoms with Gasteiger partial charge in [0.25, 0.3) is 0 Å². The molecule has 1 saturated carbocycles. The number of anilines is 1. The van der Waals surface area contributed by atoms with Crippen molar-refractivity contribution in [1.82, 2.24) is 24.9 Å². The van der Waals surface area contributed by atoms with Crippen molar-refractivity contribution in [2.24, 2.45) is 0 Å². The van der Waals surface area contributed by atoms with Crippen molar-refractivity contribution < 1.29 is 14.2 Å². The van der Waals surface area contributed by atoms with E-state index in [1.54, 1.807) is 24.9 Å². The minimum atomic E-state index is -0.489. The predicted octanol–water partition coefficient (Wildman–Crippen LogP) is 2.73. The molecule has 3 aromatic rings. The van der Waals surface area contributed by atoms with Crippen molar-refractivity contribution in [1.29, 1.82) is 0 Å². The summed E-state index contributed by atoms with van der Waals surface area (Å²) in [6.45, 7) is 1.55. The highest BCUT2D eigenvalue weighted by Gasteiger charge is 2.26. The van der Waals surface area contributed by atoms with Gasteiger partial charge in [0, 0.05) is 38.3 Å². The molecule has 31 heavy (non-hydrogen) atoms. The van der Waals surface area contributed by atoms with Gasteiger partial charge in [-0.2, -0.15) is 5.10 Å². The zero-order valence-electron chi connectivity index (χ0n) is 17.9. The number of ether oxygens (including phenoxy) is 1. The lowest BCUT2D eigenvalue weighted by Crippen LogP contribution is -2.38. The first-order valence-corrected chi connectivity index (χ1v) is 10.7. The van der Waals surface area contributed by atoms with Gasteiger partial charge in [-0.25, -0.2) is 18.9 Å². The summed E-state index contributed by atoms with van der Waals surface area (Å²) in [4.78, 5) is 8.90. The molecule has 8 nitrogen and oxygen atoms in total. The molecule has 3 N–H and O–H groups in total. The summed E-state index contributed by atoms with van der Waals surface area (Å²) in [6.07, 6.45) is 5.97. The summed E-state index contributed by atoms with van der Waals surface area (Å²) in [7, 11) is 3.25. The van der Waals surface area contributed by atoms with Gasteiger partial charge in [-0.1, -0.05) is 0 Å². The Bertz CT molecular complexity index is 1030. The lowest BCUT2D eigenvalue weighted by molar-refractivity contribution is 0.277. The third-order valence-corrected chi connectivity index (χ3v) is 5.48. The van der Waals surface area contributed by atoms with Gasteiger partial charge >= 0.3 is 0 Å². The molecule has 2 fully saturated rings. The van der Waals surface area contributed by atoms with Crippen molar-refractivity contribution in [3.05, 3.63) is 41.5 Å². The highest BCUT2D eigenvalue weighted by atomic mass is 19.1. The zero-order chi connectivity index (χ0) is 21.8. The smallest absolute Gasteiger partial charge is 0.154 e. The summed E-state index contributed by atoms with van der Waals surface area (Å²) in [6, 6.07) is 5.46. The van der Waals surface area contributed by atoms with E-state index in [9.17, 15) is 9.50 Å². The van der Waals surface area contributed by atoms with E-state index in [-0.39, 0.29) is 18.3 Å². The number of halogens is 1. The molecule has 1 atom stereocenters. The Labute approximate surface area is 180 Å². The second-order valence-corrected chi connectivity index (χ2v) is 8.03. The van der Waals surface area contributed by atoms with Crippen molar-refractivity contribution in [3.8, 4) is 11.4 Å². The van der Waals surface area contributed by atoms with Gasteiger partial charge in [0.2, 0.25) is 0 Å². The van der Waals surface area contributed by atoms with Crippen LogP contribution >= 0.6 is 0 Å². The van der Waals surface area contributed by atoms with E-state index in [0.29, 0.717) is 28.6 Å². The number of aliphatic hydroxyl groups excluding tert-OH is 1. The normalized spacial score (nSPS) is 18.5. The molecule has 1 unspecified atom stereocenters. The third kappa shape index (κ3) is 4.84. The van der Waals surface area contributed by atoms with Crippen LogP contribution in [0.2, 0.25) is 0 Å². The second kappa shape index (κ2) is 9.67. The summed E-state index contributed by atoms with van der Waals surface area (Å²) in [5.41, 5.74) is 2.83. The Morgan fingerprint density at radius 1 is 1.29 bits per heavy atom. The topological polar surface area (TPSA) is 96.6 Å². The summed E-state index contributed by atoms with van der Waals surface area (Å²) in [5, 5.41) is 21.1. The molecule has 5 rings (SSSR count). The number of pyridine rings is 1.